The van der Waals surface area contributed by atoms with Crippen LogP contribution in [-0.4, -0.2) is 28.9 Å². The summed E-state index contributed by atoms with van der Waals surface area (Å²) in [7, 11) is -0.376. The van der Waals surface area contributed by atoms with Gasteiger partial charge in [-0.3, -0.25) is 0 Å². The van der Waals surface area contributed by atoms with E-state index >= 15 is 0 Å². The molecule has 0 amide bonds. The number of aromatic nitrogens is 1. The normalized spacial score (nSPS) is 23.2. The van der Waals surface area contributed by atoms with Gasteiger partial charge in [0.2, 0.25) is 5.88 Å². The molecular weight excluding hydrogens is 301 g/mol. The quantitative estimate of drug-likeness (QED) is 0.790. The van der Waals surface area contributed by atoms with Gasteiger partial charge in [-0.1, -0.05) is 6.42 Å². The van der Waals surface area contributed by atoms with E-state index in [1.807, 2.05) is 26.8 Å². The number of hydrogen-bond acceptors (Lipinski definition) is 4. The lowest BCUT2D eigenvalue weighted by Gasteiger charge is -2.32. The van der Waals surface area contributed by atoms with Crippen LogP contribution in [0.15, 0.2) is 12.1 Å². The third-order valence-corrected chi connectivity index (χ3v) is 5.30. The molecule has 0 N–H and O–H groups in total. The molecule has 1 aromatic heterocycles. The average molecular weight is 331 g/mol. The predicted octanol–water partition coefficient (Wildman–Crippen LogP) is 3.83. The zero-order valence-electron chi connectivity index (χ0n) is 16.1. The van der Waals surface area contributed by atoms with Crippen molar-refractivity contribution in [2.24, 2.45) is 0 Å². The Bertz CT molecular complexity index is 602. The van der Waals surface area contributed by atoms with E-state index in [1.54, 1.807) is 0 Å². The number of hydrogen-bond donors (Lipinski definition) is 0. The maximum atomic E-state index is 6.22. The van der Waals surface area contributed by atoms with Crippen LogP contribution in [0.2, 0.25) is 0 Å². The van der Waals surface area contributed by atoms with E-state index in [1.165, 1.54) is 19.3 Å². The van der Waals surface area contributed by atoms with Crippen molar-refractivity contribution in [3.63, 3.8) is 0 Å². The molecule has 5 heteroatoms. The average Bonchev–Trinajstić information content (AvgIpc) is 2.53. The Labute approximate surface area is 146 Å². The molecule has 0 radical (unpaired) electrons. The Morgan fingerprint density at radius 1 is 1.08 bits per heavy atom. The van der Waals surface area contributed by atoms with Crippen molar-refractivity contribution >= 4 is 12.6 Å². The Morgan fingerprint density at radius 2 is 1.67 bits per heavy atom. The summed E-state index contributed by atoms with van der Waals surface area (Å²) in [6.45, 7) is 14.4. The Balaban J connectivity index is 1.93. The molecule has 1 aliphatic carbocycles. The molecule has 2 heterocycles. The minimum atomic E-state index is -0.376. The molecule has 0 bridgehead atoms. The van der Waals surface area contributed by atoms with Gasteiger partial charge in [0, 0.05) is 17.7 Å². The van der Waals surface area contributed by atoms with Crippen molar-refractivity contribution in [2.45, 2.75) is 90.4 Å². The van der Waals surface area contributed by atoms with Crippen molar-refractivity contribution in [3.8, 4) is 5.88 Å². The summed E-state index contributed by atoms with van der Waals surface area (Å²) < 4.78 is 18.5. The zero-order valence-corrected chi connectivity index (χ0v) is 16.1. The van der Waals surface area contributed by atoms with E-state index in [9.17, 15) is 0 Å². The third kappa shape index (κ3) is 3.47. The fourth-order valence-corrected chi connectivity index (χ4v) is 2.94. The van der Waals surface area contributed by atoms with Crippen LogP contribution < -0.4 is 10.2 Å². The van der Waals surface area contributed by atoms with Crippen LogP contribution >= 0.6 is 0 Å². The fraction of sp³-hybridized carbons (Fsp3) is 0.737. The van der Waals surface area contributed by atoms with Gasteiger partial charge in [-0.15, -0.1) is 0 Å². The van der Waals surface area contributed by atoms with Gasteiger partial charge in [0.15, 0.2) is 0 Å². The van der Waals surface area contributed by atoms with Gasteiger partial charge in [-0.25, -0.2) is 4.98 Å². The Morgan fingerprint density at radius 3 is 2.12 bits per heavy atom. The lowest BCUT2D eigenvalue weighted by Crippen LogP contribution is -2.41. The molecule has 2 aliphatic rings. The predicted molar refractivity (Wildman–Crippen MR) is 96.9 cm³/mol. The second-order valence-electron chi connectivity index (χ2n) is 9.09. The third-order valence-electron chi connectivity index (χ3n) is 5.30. The summed E-state index contributed by atoms with van der Waals surface area (Å²) in [5.41, 5.74) is 1.14. The highest BCUT2D eigenvalue weighted by Crippen LogP contribution is 2.38. The molecule has 132 valence electrons. The van der Waals surface area contributed by atoms with Crippen molar-refractivity contribution in [1.82, 2.24) is 4.98 Å². The molecule has 0 spiro atoms. The van der Waals surface area contributed by atoms with Gasteiger partial charge in [-0.05, 0) is 72.8 Å². The summed E-state index contributed by atoms with van der Waals surface area (Å²) in [6.07, 6.45) is 3.69. The van der Waals surface area contributed by atoms with Gasteiger partial charge in [0.1, 0.15) is 5.60 Å². The standard InChI is InChI=1S/C19H30BNO3/c1-17(2,3)22-16-12-14(11-15(21-16)13-9-8-10-13)20-23-18(4,5)19(6,7)24-20/h11-13H,8-10H2,1-7H3. The molecule has 2 fully saturated rings. The molecule has 24 heavy (non-hydrogen) atoms. The monoisotopic (exact) mass is 331 g/mol. The minimum absolute atomic E-state index is 0.279. The molecule has 3 rings (SSSR count). The molecule has 1 saturated heterocycles. The first-order valence-corrected chi connectivity index (χ1v) is 9.03. The van der Waals surface area contributed by atoms with E-state index in [-0.39, 0.29) is 23.9 Å². The summed E-state index contributed by atoms with van der Waals surface area (Å²) >= 11 is 0. The topological polar surface area (TPSA) is 40.6 Å². The van der Waals surface area contributed by atoms with Gasteiger partial charge >= 0.3 is 7.12 Å². The van der Waals surface area contributed by atoms with Crippen LogP contribution in [0.4, 0.5) is 0 Å². The van der Waals surface area contributed by atoms with E-state index in [2.05, 4.69) is 33.8 Å². The lowest BCUT2D eigenvalue weighted by atomic mass is 9.76. The van der Waals surface area contributed by atoms with Gasteiger partial charge in [0.05, 0.1) is 11.2 Å². The molecule has 0 atom stereocenters. The first-order chi connectivity index (χ1) is 11.0. The lowest BCUT2D eigenvalue weighted by molar-refractivity contribution is 0.00578. The highest BCUT2D eigenvalue weighted by atomic mass is 16.7. The number of rotatable bonds is 3. The number of ether oxygens (including phenoxy) is 1. The van der Waals surface area contributed by atoms with Crippen LogP contribution in [0.3, 0.4) is 0 Å². The largest absolute Gasteiger partial charge is 0.495 e. The number of pyridine rings is 1. The SMILES string of the molecule is CC(C)(C)Oc1cc(B2OC(C)(C)C(C)(C)O2)cc(C2CCC2)n1. The van der Waals surface area contributed by atoms with E-state index < -0.39 is 0 Å². The van der Waals surface area contributed by atoms with Gasteiger partial charge in [-0.2, -0.15) is 0 Å². The van der Waals surface area contributed by atoms with Crippen LogP contribution in [0.25, 0.3) is 0 Å². The van der Waals surface area contributed by atoms with Gasteiger partial charge < -0.3 is 14.0 Å². The van der Waals surface area contributed by atoms with Crippen LogP contribution in [0, 0.1) is 0 Å². The molecule has 0 unspecified atom stereocenters. The van der Waals surface area contributed by atoms with Crippen LogP contribution in [-0.2, 0) is 9.31 Å². The first-order valence-electron chi connectivity index (χ1n) is 9.03. The highest BCUT2D eigenvalue weighted by molar-refractivity contribution is 6.62. The fourth-order valence-electron chi connectivity index (χ4n) is 2.94. The van der Waals surface area contributed by atoms with E-state index in [4.69, 9.17) is 19.0 Å². The molecule has 1 saturated carbocycles. The Kier molecular flexibility index (Phi) is 4.24. The first kappa shape index (κ1) is 17.7. The Hall–Kier alpha value is -1.07. The maximum absolute atomic E-state index is 6.22. The summed E-state index contributed by atoms with van der Waals surface area (Å²) in [5.74, 6) is 1.20. The van der Waals surface area contributed by atoms with Crippen LogP contribution in [0.5, 0.6) is 5.88 Å². The highest BCUT2D eigenvalue weighted by Gasteiger charge is 2.52. The van der Waals surface area contributed by atoms with Crippen molar-refractivity contribution in [2.75, 3.05) is 0 Å². The summed E-state index contributed by atoms with van der Waals surface area (Å²) in [5, 5.41) is 0. The second kappa shape index (κ2) is 5.74. The molecule has 0 aromatic carbocycles. The van der Waals surface area contributed by atoms with Crippen LogP contribution in [0.1, 0.15) is 79.3 Å². The summed E-state index contributed by atoms with van der Waals surface area (Å²) in [4.78, 5) is 4.75. The van der Waals surface area contributed by atoms with Crippen molar-refractivity contribution < 1.29 is 14.0 Å². The molecule has 1 aliphatic heterocycles. The smallest absolute Gasteiger partial charge is 0.472 e. The molecular formula is C19H30BNO3. The van der Waals surface area contributed by atoms with Gasteiger partial charge in [0.25, 0.3) is 0 Å². The van der Waals surface area contributed by atoms with Crippen molar-refractivity contribution in [1.29, 1.82) is 0 Å². The van der Waals surface area contributed by atoms with Crippen molar-refractivity contribution in [3.05, 3.63) is 17.8 Å². The maximum Gasteiger partial charge on any atom is 0.495 e. The zero-order chi connectivity index (χ0) is 17.8. The number of nitrogens with zero attached hydrogens (tertiary/aromatic N) is 1. The van der Waals surface area contributed by atoms with E-state index in [0.29, 0.717) is 11.8 Å². The molecule has 1 aromatic rings. The minimum Gasteiger partial charge on any atom is -0.472 e. The summed E-state index contributed by atoms with van der Waals surface area (Å²) in [6, 6.07) is 4.11. The molecule has 4 nitrogen and oxygen atoms in total. The van der Waals surface area contributed by atoms with E-state index in [0.717, 1.165) is 11.2 Å². The second-order valence-corrected chi connectivity index (χ2v) is 9.09.